The van der Waals surface area contributed by atoms with Crippen LogP contribution in [0.15, 0.2) is 93.2 Å². The Kier molecular flexibility index (Phi) is 4.99. The first kappa shape index (κ1) is 20.1. The molecule has 154 valence electrons. The smallest absolute Gasteiger partial charge is 0.195 e. The molecule has 0 radical (unpaired) electrons. The van der Waals surface area contributed by atoms with E-state index in [-0.39, 0.29) is 11.2 Å². The van der Waals surface area contributed by atoms with Gasteiger partial charge in [-0.15, -0.1) is 11.8 Å². The summed E-state index contributed by atoms with van der Waals surface area (Å²) in [5.41, 5.74) is 2.66. The van der Waals surface area contributed by atoms with Gasteiger partial charge in [0.1, 0.15) is 5.58 Å². The van der Waals surface area contributed by atoms with Gasteiger partial charge in [-0.25, -0.2) is 0 Å². The molecule has 3 aromatic carbocycles. The van der Waals surface area contributed by atoms with Crippen molar-refractivity contribution in [3.63, 3.8) is 0 Å². The topological polar surface area (TPSA) is 47.3 Å². The van der Waals surface area contributed by atoms with Crippen molar-refractivity contribution in [1.82, 2.24) is 0 Å². The van der Waals surface area contributed by atoms with Crippen LogP contribution >= 0.6 is 23.4 Å². The molecule has 5 heteroatoms. The normalized spacial score (nSPS) is 20.0. The maximum Gasteiger partial charge on any atom is 0.195 e. The van der Waals surface area contributed by atoms with E-state index in [1.54, 1.807) is 54.4 Å². The summed E-state index contributed by atoms with van der Waals surface area (Å²) < 4.78 is 5.20. The second kappa shape index (κ2) is 7.70. The predicted molar refractivity (Wildman–Crippen MR) is 125 cm³/mol. The molecule has 4 aromatic rings. The maximum atomic E-state index is 13.7. The highest BCUT2D eigenvalue weighted by atomic mass is 35.5. The van der Waals surface area contributed by atoms with Gasteiger partial charge in [0, 0.05) is 25.8 Å². The van der Waals surface area contributed by atoms with Crippen molar-refractivity contribution in [3.8, 4) is 0 Å². The van der Waals surface area contributed by atoms with Crippen molar-refractivity contribution in [3.05, 3.63) is 111 Å². The van der Waals surface area contributed by atoms with E-state index in [0.29, 0.717) is 33.5 Å². The lowest BCUT2D eigenvalue weighted by atomic mass is 9.78. The first-order valence-electron chi connectivity index (χ1n) is 10.0. The summed E-state index contributed by atoms with van der Waals surface area (Å²) >= 11 is 7.81. The van der Waals surface area contributed by atoms with Crippen LogP contribution in [0.25, 0.3) is 11.0 Å². The molecule has 3 nitrogen and oxygen atoms in total. The summed E-state index contributed by atoms with van der Waals surface area (Å²) in [6, 6.07) is 22.3. The predicted octanol–water partition coefficient (Wildman–Crippen LogP) is 6.52. The minimum atomic E-state index is -0.541. The van der Waals surface area contributed by atoms with Crippen molar-refractivity contribution in [2.75, 3.05) is 0 Å². The molecule has 0 spiro atoms. The highest BCUT2D eigenvalue weighted by molar-refractivity contribution is 8.01. The first-order chi connectivity index (χ1) is 15.0. The lowest BCUT2D eigenvalue weighted by Gasteiger charge is -2.30. The average molecular weight is 447 g/mol. The van der Waals surface area contributed by atoms with Crippen LogP contribution in [0.1, 0.15) is 34.3 Å². The molecule has 1 aromatic heterocycles. The van der Waals surface area contributed by atoms with E-state index in [4.69, 9.17) is 16.0 Å². The van der Waals surface area contributed by atoms with Gasteiger partial charge in [-0.05, 0) is 49.2 Å². The molecule has 0 saturated carbocycles. The van der Waals surface area contributed by atoms with Crippen LogP contribution in [0.5, 0.6) is 0 Å². The summed E-state index contributed by atoms with van der Waals surface area (Å²) in [6.45, 7) is 2.05. The molecule has 2 unspecified atom stereocenters. The Labute approximate surface area is 189 Å². The van der Waals surface area contributed by atoms with Crippen LogP contribution in [0, 0.1) is 0 Å². The third kappa shape index (κ3) is 3.50. The van der Waals surface area contributed by atoms with Gasteiger partial charge in [-0.3, -0.25) is 9.59 Å². The van der Waals surface area contributed by atoms with Gasteiger partial charge in [0.15, 0.2) is 11.2 Å². The lowest BCUT2D eigenvalue weighted by molar-refractivity contribution is 0.0944. The molecule has 0 N–H and O–H groups in total. The Hall–Kier alpha value is -2.82. The zero-order valence-electron chi connectivity index (χ0n) is 16.8. The molecule has 2 heterocycles. The zero-order valence-corrected chi connectivity index (χ0v) is 18.4. The average Bonchev–Trinajstić information content (AvgIpc) is 3.07. The Morgan fingerprint density at radius 3 is 2.68 bits per heavy atom. The van der Waals surface area contributed by atoms with Gasteiger partial charge in [-0.1, -0.05) is 54.1 Å². The first-order valence-corrected chi connectivity index (χ1v) is 11.2. The molecule has 1 aliphatic heterocycles. The molecule has 0 bridgehead atoms. The van der Waals surface area contributed by atoms with E-state index >= 15 is 0 Å². The summed E-state index contributed by atoms with van der Waals surface area (Å²) in [6.07, 6.45) is 1.96. The van der Waals surface area contributed by atoms with E-state index in [1.165, 1.54) is 0 Å². The Bertz CT molecular complexity index is 1380. The fraction of sp³-hybridized carbons (Fsp3) is 0.154. The molecule has 31 heavy (non-hydrogen) atoms. The Balaban J connectivity index is 1.60. The molecular weight excluding hydrogens is 428 g/mol. The third-order valence-corrected chi connectivity index (χ3v) is 7.52. The number of thioether (sulfide) groups is 1. The van der Waals surface area contributed by atoms with Gasteiger partial charge < -0.3 is 4.42 Å². The van der Waals surface area contributed by atoms with Crippen LogP contribution in [0.3, 0.4) is 0 Å². The SMILES string of the molecule is CC1(Cc2coc3ccccc3c2=O)Sc2ccccc2C1C(=O)c1cccc(Cl)c1. The number of para-hydroxylation sites is 1. The summed E-state index contributed by atoms with van der Waals surface area (Å²) in [4.78, 5) is 27.9. The summed E-state index contributed by atoms with van der Waals surface area (Å²) in [5, 5.41) is 1.09. The number of halogens is 1. The van der Waals surface area contributed by atoms with Crippen LogP contribution in [-0.2, 0) is 6.42 Å². The zero-order chi connectivity index (χ0) is 21.6. The van der Waals surface area contributed by atoms with E-state index < -0.39 is 10.7 Å². The second-order valence-corrected chi connectivity index (χ2v) is 10.0. The number of carbonyl (C=O) groups is 1. The maximum absolute atomic E-state index is 13.7. The van der Waals surface area contributed by atoms with Crippen LogP contribution in [-0.4, -0.2) is 10.5 Å². The van der Waals surface area contributed by atoms with Gasteiger partial charge >= 0.3 is 0 Å². The van der Waals surface area contributed by atoms with Crippen molar-refractivity contribution in [1.29, 1.82) is 0 Å². The van der Waals surface area contributed by atoms with Crippen LogP contribution in [0.2, 0.25) is 5.02 Å². The molecular formula is C26H19ClO3S. The number of hydrogen-bond donors (Lipinski definition) is 0. The number of benzene rings is 3. The number of fused-ring (bicyclic) bond motifs is 2. The minimum Gasteiger partial charge on any atom is -0.464 e. The molecule has 2 atom stereocenters. The highest BCUT2D eigenvalue weighted by Gasteiger charge is 2.48. The molecule has 5 rings (SSSR count). The lowest BCUT2D eigenvalue weighted by Crippen LogP contribution is -2.35. The largest absolute Gasteiger partial charge is 0.464 e. The monoisotopic (exact) mass is 446 g/mol. The van der Waals surface area contributed by atoms with Crippen molar-refractivity contribution in [2.45, 2.75) is 28.9 Å². The molecule has 0 amide bonds. The van der Waals surface area contributed by atoms with E-state index in [0.717, 1.165) is 10.5 Å². The summed E-state index contributed by atoms with van der Waals surface area (Å²) in [7, 11) is 0. The van der Waals surface area contributed by atoms with E-state index in [1.807, 2.05) is 36.4 Å². The van der Waals surface area contributed by atoms with E-state index in [9.17, 15) is 9.59 Å². The van der Waals surface area contributed by atoms with Crippen LogP contribution in [0.4, 0.5) is 0 Å². The minimum absolute atomic E-state index is 0.00706. The molecule has 0 saturated heterocycles. The number of rotatable bonds is 4. The van der Waals surface area contributed by atoms with Crippen molar-refractivity contribution >= 4 is 40.1 Å². The Morgan fingerprint density at radius 1 is 1.06 bits per heavy atom. The molecule has 1 aliphatic rings. The van der Waals surface area contributed by atoms with Gasteiger partial charge in [0.2, 0.25) is 0 Å². The Morgan fingerprint density at radius 2 is 1.84 bits per heavy atom. The quantitative estimate of drug-likeness (QED) is 0.335. The number of carbonyl (C=O) groups excluding carboxylic acids is 1. The standard InChI is InChI=1S/C26H19ClO3S/c1-26(14-17-15-30-21-11-4-2-9-19(21)24(17)28)23(20-10-3-5-12-22(20)31-26)25(29)16-7-6-8-18(27)13-16/h2-13,15,23H,14H2,1H3. The van der Waals surface area contributed by atoms with Crippen molar-refractivity contribution in [2.24, 2.45) is 0 Å². The highest BCUT2D eigenvalue weighted by Crippen LogP contribution is 2.55. The van der Waals surface area contributed by atoms with Gasteiger partial charge in [-0.2, -0.15) is 0 Å². The second-order valence-electron chi connectivity index (χ2n) is 8.02. The van der Waals surface area contributed by atoms with E-state index in [2.05, 4.69) is 6.92 Å². The third-order valence-electron chi connectivity index (χ3n) is 5.85. The number of hydrogen-bond acceptors (Lipinski definition) is 4. The van der Waals surface area contributed by atoms with Gasteiger partial charge in [0.05, 0.1) is 17.6 Å². The number of Topliss-reactive ketones (excluding diaryl/α,β-unsaturated/α-hetero) is 1. The fourth-order valence-corrected chi connectivity index (χ4v) is 6.16. The summed E-state index contributed by atoms with van der Waals surface area (Å²) in [5.74, 6) is -0.398. The molecule has 0 fully saturated rings. The fourth-order valence-electron chi connectivity index (χ4n) is 4.43. The number of ketones is 1. The van der Waals surface area contributed by atoms with Crippen molar-refractivity contribution < 1.29 is 9.21 Å². The van der Waals surface area contributed by atoms with Crippen LogP contribution < -0.4 is 5.43 Å². The van der Waals surface area contributed by atoms with Gasteiger partial charge in [0.25, 0.3) is 0 Å². The molecule has 0 aliphatic carbocycles.